The predicted octanol–water partition coefficient (Wildman–Crippen LogP) is 4.48. The summed E-state index contributed by atoms with van der Waals surface area (Å²) in [6.07, 6.45) is 0. The van der Waals surface area contributed by atoms with Crippen molar-refractivity contribution in [3.05, 3.63) is 69.3 Å². The lowest BCUT2D eigenvalue weighted by atomic mass is 10.0. The first-order chi connectivity index (χ1) is 11.1. The summed E-state index contributed by atoms with van der Waals surface area (Å²) < 4.78 is 12.8. The van der Waals surface area contributed by atoms with E-state index < -0.39 is 18.4 Å². The summed E-state index contributed by atoms with van der Waals surface area (Å²) >= 11 is 0. The molecule has 0 spiro atoms. The molecule has 126 valence electrons. The second-order valence-corrected chi connectivity index (χ2v) is 8.19. The quantitative estimate of drug-likeness (QED) is 0.830. The van der Waals surface area contributed by atoms with Gasteiger partial charge in [0.15, 0.2) is 0 Å². The smallest absolute Gasteiger partial charge is 0.333 e. The average Bonchev–Trinajstić information content (AvgIpc) is 2.45. The molecule has 0 fully saturated rings. The zero-order valence-electron chi connectivity index (χ0n) is 14.5. The molecule has 0 bridgehead atoms. The fourth-order valence-corrected chi connectivity index (χ4v) is 4.56. The van der Waals surface area contributed by atoms with E-state index in [-0.39, 0.29) is 11.1 Å². The molecule has 24 heavy (non-hydrogen) atoms. The SMILES string of the molecule is Cc1cc(C)c(C(=O)P(=O)(O)C(=O)c2c(C)cccc2C)c(C)c1. The molecular weight excluding hydrogens is 323 g/mol. The van der Waals surface area contributed by atoms with Crippen molar-refractivity contribution in [1.29, 1.82) is 0 Å². The van der Waals surface area contributed by atoms with Crippen molar-refractivity contribution in [1.82, 2.24) is 0 Å². The number of benzene rings is 2. The minimum absolute atomic E-state index is 0.152. The van der Waals surface area contributed by atoms with E-state index in [1.165, 1.54) is 0 Å². The van der Waals surface area contributed by atoms with Crippen LogP contribution >= 0.6 is 7.37 Å². The van der Waals surface area contributed by atoms with Gasteiger partial charge in [0.2, 0.25) is 0 Å². The first kappa shape index (κ1) is 18.3. The molecule has 2 aromatic carbocycles. The highest BCUT2D eigenvalue weighted by atomic mass is 31.2. The number of rotatable bonds is 4. The maximum atomic E-state index is 12.8. The van der Waals surface area contributed by atoms with Gasteiger partial charge in [-0.05, 0) is 56.9 Å². The Morgan fingerprint density at radius 2 is 1.17 bits per heavy atom. The van der Waals surface area contributed by atoms with Crippen LogP contribution in [-0.4, -0.2) is 15.9 Å². The predicted molar refractivity (Wildman–Crippen MR) is 95.1 cm³/mol. The molecular formula is C19H21O4P. The van der Waals surface area contributed by atoms with Gasteiger partial charge in [-0.3, -0.25) is 14.2 Å². The Bertz CT molecular complexity index is 853. The summed E-state index contributed by atoms with van der Waals surface area (Å²) in [6.45, 7) is 8.67. The monoisotopic (exact) mass is 344 g/mol. The minimum Gasteiger partial charge on any atom is -0.333 e. The van der Waals surface area contributed by atoms with Gasteiger partial charge in [0, 0.05) is 11.1 Å². The van der Waals surface area contributed by atoms with Crippen molar-refractivity contribution >= 4 is 18.4 Å². The normalized spacial score (nSPS) is 13.4. The molecule has 1 atom stereocenters. The van der Waals surface area contributed by atoms with Crippen LogP contribution in [0.15, 0.2) is 30.3 Å². The van der Waals surface area contributed by atoms with Crippen LogP contribution in [0, 0.1) is 34.6 Å². The van der Waals surface area contributed by atoms with Crippen molar-refractivity contribution < 1.29 is 19.0 Å². The number of aryl methyl sites for hydroxylation is 5. The van der Waals surface area contributed by atoms with E-state index >= 15 is 0 Å². The van der Waals surface area contributed by atoms with Crippen LogP contribution in [0.2, 0.25) is 0 Å². The van der Waals surface area contributed by atoms with E-state index in [1.807, 2.05) is 6.92 Å². The van der Waals surface area contributed by atoms with E-state index in [0.29, 0.717) is 22.3 Å². The molecule has 0 aliphatic carbocycles. The molecule has 0 radical (unpaired) electrons. The lowest BCUT2D eigenvalue weighted by Crippen LogP contribution is -2.14. The van der Waals surface area contributed by atoms with Gasteiger partial charge in [-0.15, -0.1) is 0 Å². The highest BCUT2D eigenvalue weighted by Gasteiger charge is 2.41. The molecule has 4 nitrogen and oxygen atoms in total. The third-order valence-electron chi connectivity index (χ3n) is 4.14. The molecule has 1 unspecified atom stereocenters. The van der Waals surface area contributed by atoms with Gasteiger partial charge in [0.1, 0.15) is 0 Å². The summed E-state index contributed by atoms with van der Waals surface area (Å²) in [5, 5.41) is 0. The molecule has 2 rings (SSSR count). The first-order valence-electron chi connectivity index (χ1n) is 7.64. The Hall–Kier alpha value is -2.03. The van der Waals surface area contributed by atoms with Gasteiger partial charge in [-0.1, -0.05) is 35.9 Å². The highest BCUT2D eigenvalue weighted by Crippen LogP contribution is 2.49. The molecule has 0 aliphatic rings. The van der Waals surface area contributed by atoms with Crippen LogP contribution in [0.1, 0.15) is 48.5 Å². The van der Waals surface area contributed by atoms with Gasteiger partial charge in [0.25, 0.3) is 11.0 Å². The molecule has 2 aromatic rings. The molecule has 0 heterocycles. The fourth-order valence-electron chi connectivity index (χ4n) is 3.06. The number of hydrogen-bond donors (Lipinski definition) is 1. The van der Waals surface area contributed by atoms with Crippen molar-refractivity contribution in [2.75, 3.05) is 0 Å². The molecule has 0 saturated carbocycles. The number of carbonyl (C=O) groups is 2. The molecule has 1 N–H and O–H groups in total. The van der Waals surface area contributed by atoms with Crippen LogP contribution in [0.3, 0.4) is 0 Å². The number of carbonyl (C=O) groups excluding carboxylic acids is 2. The second-order valence-electron chi connectivity index (χ2n) is 6.23. The van der Waals surface area contributed by atoms with Gasteiger partial charge in [0.05, 0.1) is 0 Å². The van der Waals surface area contributed by atoms with Gasteiger partial charge >= 0.3 is 7.37 Å². The Morgan fingerprint density at radius 1 is 0.792 bits per heavy atom. The zero-order chi connectivity index (χ0) is 18.2. The number of hydrogen-bond acceptors (Lipinski definition) is 3. The van der Waals surface area contributed by atoms with E-state index in [1.54, 1.807) is 58.0 Å². The third-order valence-corrected chi connectivity index (χ3v) is 5.68. The average molecular weight is 344 g/mol. The first-order valence-corrected chi connectivity index (χ1v) is 9.30. The van der Waals surface area contributed by atoms with Crippen molar-refractivity contribution in [2.45, 2.75) is 34.6 Å². The maximum absolute atomic E-state index is 12.8. The summed E-state index contributed by atoms with van der Waals surface area (Å²) in [7, 11) is -4.72. The Balaban J connectivity index is 2.57. The van der Waals surface area contributed by atoms with Crippen LogP contribution < -0.4 is 0 Å². The van der Waals surface area contributed by atoms with Crippen molar-refractivity contribution in [2.24, 2.45) is 0 Å². The maximum Gasteiger partial charge on any atom is 0.337 e. The molecule has 0 aromatic heterocycles. The summed E-state index contributed by atoms with van der Waals surface area (Å²) in [6, 6.07) is 8.67. The van der Waals surface area contributed by atoms with E-state index in [0.717, 1.165) is 5.56 Å². The standard InChI is InChI=1S/C19H21O4P/c1-11-9-14(4)17(15(5)10-11)19(21)24(22,23)18(20)16-12(2)7-6-8-13(16)3/h6-10H,1-5H3,(H,22,23). The van der Waals surface area contributed by atoms with E-state index in [4.69, 9.17) is 0 Å². The summed E-state index contributed by atoms with van der Waals surface area (Å²) in [5.74, 6) is 0. The topological polar surface area (TPSA) is 71.4 Å². The molecule has 0 aliphatic heterocycles. The third kappa shape index (κ3) is 3.12. The molecule has 0 amide bonds. The van der Waals surface area contributed by atoms with E-state index in [9.17, 15) is 19.0 Å². The van der Waals surface area contributed by atoms with Crippen LogP contribution in [0.5, 0.6) is 0 Å². The van der Waals surface area contributed by atoms with Crippen LogP contribution in [0.25, 0.3) is 0 Å². The largest absolute Gasteiger partial charge is 0.337 e. The second kappa shape index (κ2) is 6.46. The molecule has 0 saturated heterocycles. The Morgan fingerprint density at radius 3 is 1.58 bits per heavy atom. The van der Waals surface area contributed by atoms with Crippen LogP contribution in [0.4, 0.5) is 0 Å². The Kier molecular flexibility index (Phi) is 4.93. The van der Waals surface area contributed by atoms with Gasteiger partial charge < -0.3 is 4.89 Å². The van der Waals surface area contributed by atoms with Gasteiger partial charge in [-0.2, -0.15) is 0 Å². The van der Waals surface area contributed by atoms with Gasteiger partial charge in [-0.25, -0.2) is 0 Å². The molecule has 5 heteroatoms. The minimum atomic E-state index is -4.72. The summed E-state index contributed by atoms with van der Waals surface area (Å²) in [4.78, 5) is 35.8. The highest BCUT2D eigenvalue weighted by molar-refractivity contribution is 7.91. The lowest BCUT2D eigenvalue weighted by Gasteiger charge is -2.16. The fraction of sp³-hybridized carbons (Fsp3) is 0.263. The van der Waals surface area contributed by atoms with E-state index in [2.05, 4.69) is 0 Å². The Labute approximate surface area is 142 Å². The lowest BCUT2D eigenvalue weighted by molar-refractivity contribution is 0.101. The van der Waals surface area contributed by atoms with Crippen molar-refractivity contribution in [3.8, 4) is 0 Å². The zero-order valence-corrected chi connectivity index (χ0v) is 15.4. The van der Waals surface area contributed by atoms with Crippen LogP contribution in [-0.2, 0) is 4.57 Å². The summed E-state index contributed by atoms with van der Waals surface area (Å²) in [5.41, 5.74) is 1.63. The van der Waals surface area contributed by atoms with Crippen molar-refractivity contribution in [3.63, 3.8) is 0 Å².